The number of hydrogen-bond acceptors (Lipinski definition) is 3. The SMILES string of the molecule is C=C/N=C\CCC[C@H](NC=O)C(=O)NCC. The second-order valence-corrected chi connectivity index (χ2v) is 3.18. The van der Waals surface area contributed by atoms with Crippen molar-refractivity contribution in [3.05, 3.63) is 12.8 Å². The van der Waals surface area contributed by atoms with E-state index in [1.165, 1.54) is 6.20 Å². The van der Waals surface area contributed by atoms with E-state index in [1.54, 1.807) is 6.21 Å². The summed E-state index contributed by atoms with van der Waals surface area (Å²) < 4.78 is 0. The number of carbonyl (C=O) groups excluding carboxylic acids is 2. The molecule has 0 heterocycles. The van der Waals surface area contributed by atoms with E-state index >= 15 is 0 Å². The van der Waals surface area contributed by atoms with E-state index in [0.29, 0.717) is 19.4 Å². The van der Waals surface area contributed by atoms with Crippen LogP contribution in [-0.4, -0.2) is 31.1 Å². The molecule has 0 unspecified atom stereocenters. The monoisotopic (exact) mass is 225 g/mol. The van der Waals surface area contributed by atoms with E-state index in [0.717, 1.165) is 12.8 Å². The van der Waals surface area contributed by atoms with Gasteiger partial charge in [0.2, 0.25) is 12.3 Å². The van der Waals surface area contributed by atoms with Crippen LogP contribution in [0, 0.1) is 0 Å². The molecule has 5 heteroatoms. The number of hydrogen-bond donors (Lipinski definition) is 2. The second kappa shape index (κ2) is 9.89. The molecule has 1 atom stereocenters. The van der Waals surface area contributed by atoms with Crippen LogP contribution in [0.5, 0.6) is 0 Å². The van der Waals surface area contributed by atoms with Crippen molar-refractivity contribution in [2.45, 2.75) is 32.2 Å². The van der Waals surface area contributed by atoms with Gasteiger partial charge in [-0.05, 0) is 26.2 Å². The Morgan fingerprint density at radius 3 is 2.88 bits per heavy atom. The van der Waals surface area contributed by atoms with Gasteiger partial charge >= 0.3 is 0 Å². The molecule has 16 heavy (non-hydrogen) atoms. The van der Waals surface area contributed by atoms with Gasteiger partial charge in [0.1, 0.15) is 6.04 Å². The molecule has 0 aliphatic rings. The molecule has 0 aliphatic carbocycles. The largest absolute Gasteiger partial charge is 0.355 e. The number of amides is 2. The molecule has 0 spiro atoms. The van der Waals surface area contributed by atoms with Crippen LogP contribution in [0.2, 0.25) is 0 Å². The van der Waals surface area contributed by atoms with E-state index in [1.807, 2.05) is 6.92 Å². The molecule has 90 valence electrons. The summed E-state index contributed by atoms with van der Waals surface area (Å²) in [5, 5.41) is 5.17. The van der Waals surface area contributed by atoms with Crippen molar-refractivity contribution in [1.29, 1.82) is 0 Å². The normalized spacial score (nSPS) is 12.1. The van der Waals surface area contributed by atoms with Crippen LogP contribution in [0.15, 0.2) is 17.8 Å². The molecule has 0 rings (SSSR count). The van der Waals surface area contributed by atoms with Gasteiger partial charge in [0.25, 0.3) is 0 Å². The van der Waals surface area contributed by atoms with Crippen molar-refractivity contribution in [2.24, 2.45) is 4.99 Å². The van der Waals surface area contributed by atoms with Gasteiger partial charge in [-0.15, -0.1) is 0 Å². The van der Waals surface area contributed by atoms with Crippen LogP contribution in [0.3, 0.4) is 0 Å². The minimum absolute atomic E-state index is 0.143. The fourth-order valence-corrected chi connectivity index (χ4v) is 1.23. The number of rotatable bonds is 9. The summed E-state index contributed by atoms with van der Waals surface area (Å²) in [6.07, 6.45) is 5.92. The fourth-order valence-electron chi connectivity index (χ4n) is 1.23. The molecule has 0 saturated heterocycles. The summed E-state index contributed by atoms with van der Waals surface area (Å²) in [6, 6.07) is -0.449. The lowest BCUT2D eigenvalue weighted by Gasteiger charge is -2.14. The first-order chi connectivity index (χ1) is 7.76. The highest BCUT2D eigenvalue weighted by Gasteiger charge is 2.15. The third kappa shape index (κ3) is 6.75. The number of unbranched alkanes of at least 4 members (excludes halogenated alkanes) is 1. The smallest absolute Gasteiger partial charge is 0.242 e. The Labute approximate surface area is 96.0 Å². The Bertz CT molecular complexity index is 252. The van der Waals surface area contributed by atoms with Gasteiger partial charge in [0.15, 0.2) is 0 Å². The van der Waals surface area contributed by atoms with Gasteiger partial charge in [0, 0.05) is 19.0 Å². The highest BCUT2D eigenvalue weighted by Crippen LogP contribution is 1.99. The molecule has 2 N–H and O–H groups in total. The van der Waals surface area contributed by atoms with Gasteiger partial charge < -0.3 is 10.6 Å². The Kier molecular flexibility index (Phi) is 8.87. The van der Waals surface area contributed by atoms with Crippen molar-refractivity contribution in [1.82, 2.24) is 10.6 Å². The summed E-state index contributed by atoms with van der Waals surface area (Å²) in [5.74, 6) is -0.143. The maximum Gasteiger partial charge on any atom is 0.242 e. The van der Waals surface area contributed by atoms with Crippen molar-refractivity contribution in [3.8, 4) is 0 Å². The first-order valence-electron chi connectivity index (χ1n) is 5.36. The summed E-state index contributed by atoms with van der Waals surface area (Å²) in [5.41, 5.74) is 0. The minimum Gasteiger partial charge on any atom is -0.355 e. The first-order valence-corrected chi connectivity index (χ1v) is 5.36. The Morgan fingerprint density at radius 2 is 2.31 bits per heavy atom. The van der Waals surface area contributed by atoms with Crippen molar-refractivity contribution in [2.75, 3.05) is 6.54 Å². The zero-order valence-corrected chi connectivity index (χ0v) is 9.61. The van der Waals surface area contributed by atoms with Crippen LogP contribution >= 0.6 is 0 Å². The lowest BCUT2D eigenvalue weighted by molar-refractivity contribution is -0.125. The molecule has 0 aromatic carbocycles. The standard InChI is InChI=1S/C11H19N3O2/c1-3-12-8-6-5-7-10(14-9-15)11(16)13-4-2/h3,8-10H,1,4-7H2,2H3,(H,13,16)(H,14,15)/b12-8-/t10-/m0/s1. The molecule has 0 fully saturated rings. The molecule has 0 aromatic heterocycles. The van der Waals surface area contributed by atoms with Crippen LogP contribution < -0.4 is 10.6 Å². The van der Waals surface area contributed by atoms with Gasteiger partial charge in [0.05, 0.1) is 0 Å². The predicted octanol–water partition coefficient (Wildman–Crippen LogP) is 0.622. The topological polar surface area (TPSA) is 70.6 Å². The highest BCUT2D eigenvalue weighted by molar-refractivity contribution is 5.83. The highest BCUT2D eigenvalue weighted by atomic mass is 16.2. The van der Waals surface area contributed by atoms with Gasteiger partial charge in [-0.25, -0.2) is 0 Å². The summed E-state index contributed by atoms with van der Waals surface area (Å²) in [6.45, 7) is 5.86. The minimum atomic E-state index is -0.449. The average Bonchev–Trinajstić information content (AvgIpc) is 2.27. The van der Waals surface area contributed by atoms with Crippen LogP contribution in [-0.2, 0) is 9.59 Å². The number of likely N-dealkylation sites (N-methyl/N-ethyl adjacent to an activating group) is 1. The molecular formula is C11H19N3O2. The van der Waals surface area contributed by atoms with Gasteiger partial charge in [-0.1, -0.05) is 6.58 Å². The third-order valence-electron chi connectivity index (χ3n) is 1.97. The second-order valence-electron chi connectivity index (χ2n) is 3.18. The zero-order chi connectivity index (χ0) is 12.2. The zero-order valence-electron chi connectivity index (χ0n) is 9.61. The fraction of sp³-hybridized carbons (Fsp3) is 0.545. The molecule has 2 amide bonds. The van der Waals surface area contributed by atoms with Gasteiger partial charge in [-0.3, -0.25) is 14.6 Å². The summed E-state index contributed by atoms with van der Waals surface area (Å²) >= 11 is 0. The quantitative estimate of drug-likeness (QED) is 0.343. The number of carbonyl (C=O) groups is 2. The Morgan fingerprint density at radius 1 is 1.56 bits per heavy atom. The maximum atomic E-state index is 11.5. The predicted molar refractivity (Wildman–Crippen MR) is 64.2 cm³/mol. The molecule has 0 aliphatic heterocycles. The maximum absolute atomic E-state index is 11.5. The van der Waals surface area contributed by atoms with E-state index in [-0.39, 0.29) is 5.91 Å². The third-order valence-corrected chi connectivity index (χ3v) is 1.97. The lowest BCUT2D eigenvalue weighted by atomic mass is 10.1. The Balaban J connectivity index is 3.92. The van der Waals surface area contributed by atoms with Gasteiger partial charge in [-0.2, -0.15) is 0 Å². The molecular weight excluding hydrogens is 206 g/mol. The van der Waals surface area contributed by atoms with Crippen LogP contribution in [0.25, 0.3) is 0 Å². The van der Waals surface area contributed by atoms with Crippen molar-refractivity contribution >= 4 is 18.5 Å². The molecule has 0 radical (unpaired) electrons. The van der Waals surface area contributed by atoms with E-state index in [4.69, 9.17) is 0 Å². The van der Waals surface area contributed by atoms with E-state index in [9.17, 15) is 9.59 Å². The number of nitrogens with one attached hydrogen (secondary N) is 2. The molecule has 0 bridgehead atoms. The average molecular weight is 225 g/mol. The summed E-state index contributed by atoms with van der Waals surface area (Å²) in [4.78, 5) is 25.6. The van der Waals surface area contributed by atoms with Crippen LogP contribution in [0.1, 0.15) is 26.2 Å². The first kappa shape index (κ1) is 14.3. The molecule has 0 saturated carbocycles. The van der Waals surface area contributed by atoms with Crippen LogP contribution in [0.4, 0.5) is 0 Å². The molecule has 0 aromatic rings. The summed E-state index contributed by atoms with van der Waals surface area (Å²) in [7, 11) is 0. The lowest BCUT2D eigenvalue weighted by Crippen LogP contribution is -2.43. The van der Waals surface area contributed by atoms with Crippen molar-refractivity contribution < 1.29 is 9.59 Å². The number of nitrogens with zero attached hydrogens (tertiary/aromatic N) is 1. The number of aliphatic imine (C=N–C) groups is 1. The Hall–Kier alpha value is -1.65. The van der Waals surface area contributed by atoms with E-state index in [2.05, 4.69) is 22.2 Å². The van der Waals surface area contributed by atoms with Crippen molar-refractivity contribution in [3.63, 3.8) is 0 Å². The van der Waals surface area contributed by atoms with E-state index < -0.39 is 6.04 Å². The molecule has 5 nitrogen and oxygen atoms in total.